The van der Waals surface area contributed by atoms with Crippen LogP contribution in [0.3, 0.4) is 0 Å². The van der Waals surface area contributed by atoms with E-state index in [4.69, 9.17) is 11.6 Å². The number of hydrogen-bond acceptors (Lipinski definition) is 4. The van der Waals surface area contributed by atoms with Crippen molar-refractivity contribution in [1.29, 1.82) is 0 Å². The fourth-order valence-corrected chi connectivity index (χ4v) is 3.60. The number of aromatic nitrogens is 2. The maximum atomic E-state index is 13.0. The second-order valence-corrected chi connectivity index (χ2v) is 7.20. The number of likely N-dealkylation sites (tertiary alicyclic amines) is 1. The van der Waals surface area contributed by atoms with Crippen LogP contribution in [0, 0.1) is 11.8 Å². The highest BCUT2D eigenvalue weighted by Gasteiger charge is 2.35. The van der Waals surface area contributed by atoms with E-state index in [1.165, 1.54) is 0 Å². The van der Waals surface area contributed by atoms with E-state index in [1.54, 1.807) is 27.9 Å². The summed E-state index contributed by atoms with van der Waals surface area (Å²) in [6.07, 6.45) is 3.51. The van der Waals surface area contributed by atoms with Gasteiger partial charge in [0.15, 0.2) is 0 Å². The molecule has 3 rings (SSSR count). The number of rotatable bonds is 5. The molecule has 134 valence electrons. The molecule has 1 aliphatic heterocycles. The fourth-order valence-electron chi connectivity index (χ4n) is 3.40. The Hall–Kier alpha value is -1.89. The molecule has 1 fully saturated rings. The van der Waals surface area contributed by atoms with Crippen molar-refractivity contribution in [1.82, 2.24) is 19.6 Å². The van der Waals surface area contributed by atoms with Gasteiger partial charge in [-0.3, -0.25) is 4.79 Å². The predicted octanol–water partition coefficient (Wildman–Crippen LogP) is 1.77. The molecule has 2 aromatic rings. The van der Waals surface area contributed by atoms with Crippen molar-refractivity contribution in [3.8, 4) is 5.69 Å². The molecule has 1 aromatic carbocycles. The van der Waals surface area contributed by atoms with Crippen LogP contribution in [0.2, 0.25) is 5.02 Å². The summed E-state index contributed by atoms with van der Waals surface area (Å²) in [4.78, 5) is 16.9. The standard InChI is InChI=1S/C18H23ClN4O2/c1-21(2)9-13-10-22(11-14(13)12-24)18(25)16-8-15(4-5-17(16)19)23-7-3-6-20-23/h3-8,13-14,24H,9-12H2,1-2H3/t13-,14-/m1/s1. The van der Waals surface area contributed by atoms with Crippen LogP contribution in [0.4, 0.5) is 0 Å². The molecular weight excluding hydrogens is 340 g/mol. The molecule has 1 aliphatic rings. The van der Waals surface area contributed by atoms with Crippen LogP contribution >= 0.6 is 11.6 Å². The van der Waals surface area contributed by atoms with Gasteiger partial charge in [-0.2, -0.15) is 5.10 Å². The lowest BCUT2D eigenvalue weighted by Gasteiger charge is -2.20. The Morgan fingerprint density at radius 1 is 1.36 bits per heavy atom. The van der Waals surface area contributed by atoms with Crippen LogP contribution in [-0.4, -0.2) is 70.9 Å². The molecule has 1 amide bonds. The zero-order valence-corrected chi connectivity index (χ0v) is 15.2. The lowest BCUT2D eigenvalue weighted by molar-refractivity contribution is 0.0779. The Kier molecular flexibility index (Phi) is 5.42. The molecule has 0 radical (unpaired) electrons. The summed E-state index contributed by atoms with van der Waals surface area (Å²) in [7, 11) is 4.01. The third kappa shape index (κ3) is 3.86. The lowest BCUT2D eigenvalue weighted by atomic mass is 9.97. The minimum Gasteiger partial charge on any atom is -0.396 e. The number of carbonyl (C=O) groups excluding carboxylic acids is 1. The van der Waals surface area contributed by atoms with Gasteiger partial charge in [0.2, 0.25) is 0 Å². The minimum absolute atomic E-state index is 0.0867. The maximum Gasteiger partial charge on any atom is 0.255 e. The molecular formula is C18H23ClN4O2. The van der Waals surface area contributed by atoms with Gasteiger partial charge in [0, 0.05) is 44.6 Å². The van der Waals surface area contributed by atoms with Crippen molar-refractivity contribution in [2.24, 2.45) is 11.8 Å². The van der Waals surface area contributed by atoms with E-state index in [1.807, 2.05) is 32.4 Å². The summed E-state index contributed by atoms with van der Waals surface area (Å²) in [6.45, 7) is 2.11. The largest absolute Gasteiger partial charge is 0.396 e. The first-order valence-corrected chi connectivity index (χ1v) is 8.72. The number of amides is 1. The average Bonchev–Trinajstić information content (AvgIpc) is 3.24. The summed E-state index contributed by atoms with van der Waals surface area (Å²) in [5, 5.41) is 14.3. The zero-order valence-electron chi connectivity index (χ0n) is 14.5. The third-order valence-corrected chi connectivity index (χ3v) is 4.98. The van der Waals surface area contributed by atoms with Crippen molar-refractivity contribution >= 4 is 17.5 Å². The van der Waals surface area contributed by atoms with Gasteiger partial charge < -0.3 is 14.9 Å². The van der Waals surface area contributed by atoms with Crippen molar-refractivity contribution in [2.45, 2.75) is 0 Å². The molecule has 6 nitrogen and oxygen atoms in total. The molecule has 2 atom stereocenters. The van der Waals surface area contributed by atoms with E-state index >= 15 is 0 Å². The van der Waals surface area contributed by atoms with Gasteiger partial charge in [0.05, 0.1) is 16.3 Å². The number of benzene rings is 1. The molecule has 0 spiro atoms. The predicted molar refractivity (Wildman–Crippen MR) is 97.1 cm³/mol. The van der Waals surface area contributed by atoms with Crippen LogP contribution in [0.15, 0.2) is 36.7 Å². The van der Waals surface area contributed by atoms with E-state index in [0.29, 0.717) is 23.7 Å². The first kappa shape index (κ1) is 17.9. The number of aliphatic hydroxyl groups excluding tert-OH is 1. The first-order chi connectivity index (χ1) is 12.0. The lowest BCUT2D eigenvalue weighted by Crippen LogP contribution is -2.31. The SMILES string of the molecule is CN(C)C[C@@H]1CN(C(=O)c2cc(-n3cccn3)ccc2Cl)C[C@@H]1CO. The van der Waals surface area contributed by atoms with Crippen LogP contribution in [0.25, 0.3) is 5.69 Å². The monoisotopic (exact) mass is 362 g/mol. The van der Waals surface area contributed by atoms with Gasteiger partial charge in [-0.05, 0) is 44.3 Å². The van der Waals surface area contributed by atoms with Gasteiger partial charge >= 0.3 is 0 Å². The van der Waals surface area contributed by atoms with Crippen LogP contribution in [0.5, 0.6) is 0 Å². The highest BCUT2D eigenvalue weighted by atomic mass is 35.5. The Balaban J connectivity index is 1.82. The molecule has 1 saturated heterocycles. The number of nitrogens with zero attached hydrogens (tertiary/aromatic N) is 4. The van der Waals surface area contributed by atoms with E-state index < -0.39 is 0 Å². The van der Waals surface area contributed by atoms with Crippen LogP contribution in [-0.2, 0) is 0 Å². The second kappa shape index (κ2) is 7.56. The molecule has 2 heterocycles. The molecule has 0 unspecified atom stereocenters. The molecule has 0 aliphatic carbocycles. The normalized spacial score (nSPS) is 20.4. The van der Waals surface area contributed by atoms with Crippen LogP contribution in [0.1, 0.15) is 10.4 Å². The molecule has 7 heteroatoms. The Morgan fingerprint density at radius 3 is 2.76 bits per heavy atom. The van der Waals surface area contributed by atoms with Crippen molar-refractivity contribution in [2.75, 3.05) is 40.3 Å². The van der Waals surface area contributed by atoms with Crippen molar-refractivity contribution < 1.29 is 9.90 Å². The topological polar surface area (TPSA) is 61.6 Å². The number of hydrogen-bond donors (Lipinski definition) is 1. The van der Waals surface area contributed by atoms with E-state index in [0.717, 1.165) is 12.2 Å². The van der Waals surface area contributed by atoms with Gasteiger partial charge in [0.25, 0.3) is 5.91 Å². The first-order valence-electron chi connectivity index (χ1n) is 8.34. The fraction of sp³-hybridized carbons (Fsp3) is 0.444. The minimum atomic E-state index is -0.0984. The maximum absolute atomic E-state index is 13.0. The molecule has 1 N–H and O–H groups in total. The van der Waals surface area contributed by atoms with E-state index in [9.17, 15) is 9.90 Å². The number of aliphatic hydroxyl groups is 1. The quantitative estimate of drug-likeness (QED) is 0.880. The number of halogens is 1. The van der Waals surface area contributed by atoms with E-state index in [2.05, 4.69) is 10.00 Å². The summed E-state index contributed by atoms with van der Waals surface area (Å²) in [5.74, 6) is 0.259. The smallest absolute Gasteiger partial charge is 0.255 e. The van der Waals surface area contributed by atoms with Gasteiger partial charge in [-0.15, -0.1) is 0 Å². The molecule has 0 saturated carbocycles. The molecule has 0 bridgehead atoms. The highest BCUT2D eigenvalue weighted by molar-refractivity contribution is 6.33. The third-order valence-electron chi connectivity index (χ3n) is 4.65. The summed E-state index contributed by atoms with van der Waals surface area (Å²) >= 11 is 6.29. The van der Waals surface area contributed by atoms with Gasteiger partial charge in [-0.1, -0.05) is 11.6 Å². The average molecular weight is 363 g/mol. The van der Waals surface area contributed by atoms with Gasteiger partial charge in [-0.25, -0.2) is 4.68 Å². The molecule has 1 aromatic heterocycles. The van der Waals surface area contributed by atoms with Gasteiger partial charge in [0.1, 0.15) is 0 Å². The molecule has 25 heavy (non-hydrogen) atoms. The Bertz CT molecular complexity index is 733. The van der Waals surface area contributed by atoms with Crippen molar-refractivity contribution in [3.63, 3.8) is 0 Å². The number of carbonyl (C=O) groups is 1. The summed E-state index contributed by atoms with van der Waals surface area (Å²) in [5.41, 5.74) is 1.26. The summed E-state index contributed by atoms with van der Waals surface area (Å²) < 4.78 is 1.70. The Labute approximate surface area is 152 Å². The van der Waals surface area contributed by atoms with E-state index in [-0.39, 0.29) is 24.3 Å². The second-order valence-electron chi connectivity index (χ2n) is 6.79. The van der Waals surface area contributed by atoms with Crippen molar-refractivity contribution in [3.05, 3.63) is 47.2 Å². The zero-order chi connectivity index (χ0) is 18.0. The Morgan fingerprint density at radius 2 is 2.12 bits per heavy atom. The highest BCUT2D eigenvalue weighted by Crippen LogP contribution is 2.28. The van der Waals surface area contributed by atoms with Crippen LogP contribution < -0.4 is 0 Å². The summed E-state index contributed by atoms with van der Waals surface area (Å²) in [6, 6.07) is 7.16.